The summed E-state index contributed by atoms with van der Waals surface area (Å²) in [6.07, 6.45) is 0. The fraction of sp³-hybridized carbons (Fsp3) is 0. The fourth-order valence-electron chi connectivity index (χ4n) is 0.992. The van der Waals surface area contributed by atoms with Crippen LogP contribution in [0.2, 0.25) is 5.02 Å². The van der Waals surface area contributed by atoms with Crippen molar-refractivity contribution < 1.29 is 20.4 Å². The molecule has 0 radical (unpaired) electrons. The number of hydrogen-bond acceptors (Lipinski definition) is 4. The Morgan fingerprint density at radius 3 is 1.67 bits per heavy atom. The summed E-state index contributed by atoms with van der Waals surface area (Å²) in [6, 6.07) is 8.23. The van der Waals surface area contributed by atoms with Gasteiger partial charge in [-0.25, -0.2) is 0 Å². The Balaban J connectivity index is 0.000000180. The summed E-state index contributed by atoms with van der Waals surface area (Å²) in [5.41, 5.74) is 0. The van der Waals surface area contributed by atoms with Gasteiger partial charge < -0.3 is 20.4 Å². The molecule has 2 rings (SSSR count). The van der Waals surface area contributed by atoms with Gasteiger partial charge in [0.1, 0.15) is 23.0 Å². The molecule has 0 aliphatic rings. The first-order valence-electron chi connectivity index (χ1n) is 4.75. The summed E-state index contributed by atoms with van der Waals surface area (Å²) in [5.74, 6) is 0.305. The molecule has 2 aromatic rings. The van der Waals surface area contributed by atoms with Crippen LogP contribution in [0.25, 0.3) is 0 Å². The predicted octanol–water partition coefficient (Wildman–Crippen LogP) is 3.61. The maximum atomic E-state index is 8.89. The molecule has 0 spiro atoms. The highest BCUT2D eigenvalue weighted by atomic mass is 79.9. The van der Waals surface area contributed by atoms with Crippen molar-refractivity contribution in [2.45, 2.75) is 0 Å². The summed E-state index contributed by atoms with van der Waals surface area (Å²) in [7, 11) is 0. The topological polar surface area (TPSA) is 80.9 Å². The Hall–Kier alpha value is -1.59. The van der Waals surface area contributed by atoms with Crippen LogP contribution in [-0.4, -0.2) is 20.4 Å². The number of phenols is 4. The lowest BCUT2D eigenvalue weighted by molar-refractivity contribution is 0.457. The minimum atomic E-state index is -0.0190. The molecule has 0 saturated heterocycles. The lowest BCUT2D eigenvalue weighted by Crippen LogP contribution is -1.66. The lowest BCUT2D eigenvalue weighted by Gasteiger charge is -1.94. The molecule has 0 aliphatic heterocycles. The van der Waals surface area contributed by atoms with Crippen molar-refractivity contribution in [3.8, 4) is 23.0 Å². The van der Waals surface area contributed by atoms with Gasteiger partial charge in [0.05, 0.1) is 9.50 Å². The normalized spacial score (nSPS) is 9.44. The number of rotatable bonds is 0. The summed E-state index contributed by atoms with van der Waals surface area (Å²) in [4.78, 5) is 0. The number of phenolic OH excluding ortho intramolecular Hbond substituents is 4. The Morgan fingerprint density at radius 2 is 1.28 bits per heavy atom. The van der Waals surface area contributed by atoms with E-state index in [1.807, 2.05) is 0 Å². The van der Waals surface area contributed by atoms with Gasteiger partial charge in [-0.15, -0.1) is 0 Å². The third kappa shape index (κ3) is 4.35. The third-order valence-corrected chi connectivity index (χ3v) is 2.80. The van der Waals surface area contributed by atoms with Crippen molar-refractivity contribution in [3.05, 3.63) is 45.9 Å². The standard InChI is InChI=1S/C6H5BrO2.C6H5ClO2/c2*7-5-3-4(8)1-2-6(5)9/h2*1-3,8-9H. The van der Waals surface area contributed by atoms with E-state index in [1.165, 1.54) is 36.4 Å². The van der Waals surface area contributed by atoms with Crippen LogP contribution in [-0.2, 0) is 0 Å². The van der Waals surface area contributed by atoms with Crippen molar-refractivity contribution >= 4 is 27.5 Å². The van der Waals surface area contributed by atoms with Gasteiger partial charge in [0.2, 0.25) is 0 Å². The van der Waals surface area contributed by atoms with Gasteiger partial charge in [-0.3, -0.25) is 0 Å². The zero-order valence-electron chi connectivity index (χ0n) is 9.01. The second kappa shape index (κ2) is 6.37. The average molecular weight is 334 g/mol. The average Bonchev–Trinajstić information content (AvgIpc) is 2.30. The highest BCUT2D eigenvalue weighted by molar-refractivity contribution is 9.10. The maximum Gasteiger partial charge on any atom is 0.134 e. The van der Waals surface area contributed by atoms with Gasteiger partial charge in [-0.05, 0) is 46.3 Å². The molecule has 2 aromatic carbocycles. The van der Waals surface area contributed by atoms with Crippen LogP contribution in [0.3, 0.4) is 0 Å². The molecule has 6 heteroatoms. The predicted molar refractivity (Wildman–Crippen MR) is 72.3 cm³/mol. The van der Waals surface area contributed by atoms with Crippen LogP contribution in [0.1, 0.15) is 0 Å². The molecule has 0 saturated carbocycles. The Morgan fingerprint density at radius 1 is 0.778 bits per heavy atom. The van der Waals surface area contributed by atoms with E-state index in [0.29, 0.717) is 4.47 Å². The van der Waals surface area contributed by atoms with E-state index in [0.717, 1.165) is 0 Å². The second-order valence-electron chi connectivity index (χ2n) is 3.27. The van der Waals surface area contributed by atoms with E-state index in [2.05, 4.69) is 15.9 Å². The maximum absolute atomic E-state index is 8.89. The fourth-order valence-corrected chi connectivity index (χ4v) is 1.53. The first kappa shape index (κ1) is 14.5. The van der Waals surface area contributed by atoms with Crippen molar-refractivity contribution in [1.82, 2.24) is 0 Å². The van der Waals surface area contributed by atoms with Crippen LogP contribution in [0.15, 0.2) is 40.9 Å². The molecule has 0 unspecified atom stereocenters. The van der Waals surface area contributed by atoms with E-state index in [-0.39, 0.29) is 28.0 Å². The third-order valence-electron chi connectivity index (χ3n) is 1.86. The van der Waals surface area contributed by atoms with Crippen LogP contribution >= 0.6 is 27.5 Å². The Kier molecular flexibility index (Phi) is 5.12. The van der Waals surface area contributed by atoms with E-state index in [1.54, 1.807) is 0 Å². The molecule has 0 amide bonds. The van der Waals surface area contributed by atoms with Gasteiger partial charge in [0.25, 0.3) is 0 Å². The number of benzene rings is 2. The summed E-state index contributed by atoms with van der Waals surface area (Å²) < 4.78 is 0.502. The second-order valence-corrected chi connectivity index (χ2v) is 4.53. The Labute approximate surface area is 117 Å². The molecule has 4 nitrogen and oxygen atoms in total. The molecular weight excluding hydrogens is 323 g/mol. The van der Waals surface area contributed by atoms with Crippen molar-refractivity contribution in [2.24, 2.45) is 0 Å². The van der Waals surface area contributed by atoms with E-state index < -0.39 is 0 Å². The smallest absolute Gasteiger partial charge is 0.134 e. The summed E-state index contributed by atoms with van der Waals surface area (Å²) in [6.45, 7) is 0. The minimum Gasteiger partial charge on any atom is -0.508 e. The molecule has 96 valence electrons. The van der Waals surface area contributed by atoms with Gasteiger partial charge in [0, 0.05) is 6.07 Å². The number of halogens is 2. The van der Waals surface area contributed by atoms with Gasteiger partial charge >= 0.3 is 0 Å². The monoisotopic (exact) mass is 332 g/mol. The minimum absolute atomic E-state index is 0.0190. The zero-order chi connectivity index (χ0) is 13.7. The van der Waals surface area contributed by atoms with Crippen molar-refractivity contribution in [3.63, 3.8) is 0 Å². The molecule has 4 N–H and O–H groups in total. The van der Waals surface area contributed by atoms with Crippen molar-refractivity contribution in [1.29, 1.82) is 0 Å². The largest absolute Gasteiger partial charge is 0.508 e. The highest BCUT2D eigenvalue weighted by Gasteiger charge is 1.96. The van der Waals surface area contributed by atoms with Gasteiger partial charge in [-0.1, -0.05) is 11.6 Å². The SMILES string of the molecule is Oc1ccc(O)c(Br)c1.Oc1ccc(O)c(Cl)c1. The molecular formula is C12H10BrClO4. The molecule has 0 aromatic heterocycles. The molecule has 0 fully saturated rings. The first-order valence-corrected chi connectivity index (χ1v) is 5.92. The van der Waals surface area contributed by atoms with Crippen molar-refractivity contribution in [2.75, 3.05) is 0 Å². The van der Waals surface area contributed by atoms with E-state index >= 15 is 0 Å². The Bertz CT molecular complexity index is 496. The molecule has 18 heavy (non-hydrogen) atoms. The summed E-state index contributed by atoms with van der Waals surface area (Å²) >= 11 is 8.44. The van der Waals surface area contributed by atoms with Gasteiger partial charge in [-0.2, -0.15) is 0 Å². The van der Waals surface area contributed by atoms with Crippen LogP contribution in [0.4, 0.5) is 0 Å². The van der Waals surface area contributed by atoms with E-state index in [9.17, 15) is 0 Å². The summed E-state index contributed by atoms with van der Waals surface area (Å²) in [5, 5.41) is 35.4. The molecule has 0 aliphatic carbocycles. The zero-order valence-corrected chi connectivity index (χ0v) is 11.4. The van der Waals surface area contributed by atoms with Crippen LogP contribution in [0, 0.1) is 0 Å². The molecule has 0 heterocycles. The van der Waals surface area contributed by atoms with Gasteiger partial charge in [0.15, 0.2) is 0 Å². The quantitative estimate of drug-likeness (QED) is 0.555. The van der Waals surface area contributed by atoms with Crippen LogP contribution < -0.4 is 0 Å². The number of aromatic hydroxyl groups is 4. The molecule has 0 bridgehead atoms. The first-order chi connectivity index (χ1) is 8.40. The van der Waals surface area contributed by atoms with Crippen LogP contribution in [0.5, 0.6) is 23.0 Å². The highest BCUT2D eigenvalue weighted by Crippen LogP contribution is 2.27. The lowest BCUT2D eigenvalue weighted by atomic mass is 10.3. The number of hydrogen-bond donors (Lipinski definition) is 4. The van der Waals surface area contributed by atoms with E-state index in [4.69, 9.17) is 32.0 Å². The molecule has 0 atom stereocenters.